The van der Waals surface area contributed by atoms with Crippen LogP contribution >= 0.6 is 22.6 Å². The van der Waals surface area contributed by atoms with Crippen molar-refractivity contribution < 1.29 is 19.8 Å². The maximum Gasteiger partial charge on any atom is 0.326 e. The fourth-order valence-electron chi connectivity index (χ4n) is 1.25. The van der Waals surface area contributed by atoms with Gasteiger partial charge in [0.15, 0.2) is 0 Å². The number of carboxylic acids is 1. The van der Waals surface area contributed by atoms with Gasteiger partial charge < -0.3 is 20.8 Å². The van der Waals surface area contributed by atoms with Crippen LogP contribution in [0.4, 0.5) is 10.5 Å². The maximum absolute atomic E-state index is 11.5. The van der Waals surface area contributed by atoms with E-state index in [9.17, 15) is 9.59 Å². The van der Waals surface area contributed by atoms with E-state index in [1.54, 1.807) is 12.1 Å². The van der Waals surface area contributed by atoms with Crippen molar-refractivity contribution in [1.82, 2.24) is 5.32 Å². The fraction of sp³-hybridized carbons (Fsp3) is 0.273. The molecule has 1 aromatic carbocycles. The second-order valence-corrected chi connectivity index (χ2v) is 4.75. The molecule has 7 heteroatoms. The summed E-state index contributed by atoms with van der Waals surface area (Å²) in [5.74, 6) is -1.18. The number of anilines is 1. The molecule has 2 amide bonds. The minimum absolute atomic E-state index is 0.0323. The first kappa shape index (κ1) is 14.7. The number of benzene rings is 1. The molecule has 0 aromatic heterocycles. The molecule has 0 bridgehead atoms. The average Bonchev–Trinajstić information content (AvgIpc) is 2.31. The zero-order valence-electron chi connectivity index (χ0n) is 9.39. The minimum Gasteiger partial charge on any atom is -0.480 e. The lowest BCUT2D eigenvalue weighted by Crippen LogP contribution is -2.43. The van der Waals surface area contributed by atoms with Crippen molar-refractivity contribution in [3.05, 3.63) is 27.8 Å². The number of hydrogen-bond acceptors (Lipinski definition) is 3. The normalized spacial score (nSPS) is 11.7. The van der Waals surface area contributed by atoms with Gasteiger partial charge in [-0.3, -0.25) is 0 Å². The van der Waals surface area contributed by atoms with Crippen molar-refractivity contribution in [2.75, 3.05) is 11.9 Å². The van der Waals surface area contributed by atoms with Gasteiger partial charge in [-0.15, -0.1) is 0 Å². The third kappa shape index (κ3) is 4.88. The lowest BCUT2D eigenvalue weighted by molar-refractivity contribution is -0.139. The van der Waals surface area contributed by atoms with Gasteiger partial charge in [-0.1, -0.05) is 0 Å². The Labute approximate surface area is 118 Å². The van der Waals surface area contributed by atoms with E-state index in [1.165, 1.54) is 0 Å². The van der Waals surface area contributed by atoms with Crippen LogP contribution in [0.3, 0.4) is 0 Å². The van der Waals surface area contributed by atoms with E-state index < -0.39 is 18.0 Å². The number of carboxylic acid groups (broad SMARTS) is 1. The molecule has 0 spiro atoms. The zero-order chi connectivity index (χ0) is 13.5. The molecule has 0 aliphatic heterocycles. The number of rotatable bonds is 5. The van der Waals surface area contributed by atoms with Crippen LogP contribution in [0, 0.1) is 3.57 Å². The molecule has 1 atom stereocenters. The number of aliphatic carboxylic acids is 1. The van der Waals surface area contributed by atoms with E-state index in [0.29, 0.717) is 5.69 Å². The molecular formula is C11H13IN2O4. The quantitative estimate of drug-likeness (QED) is 0.591. The van der Waals surface area contributed by atoms with Crippen LogP contribution < -0.4 is 10.6 Å². The zero-order valence-corrected chi connectivity index (χ0v) is 11.5. The molecule has 4 N–H and O–H groups in total. The van der Waals surface area contributed by atoms with Gasteiger partial charge in [0, 0.05) is 22.3 Å². The number of amides is 2. The van der Waals surface area contributed by atoms with Gasteiger partial charge >= 0.3 is 12.0 Å². The highest BCUT2D eigenvalue weighted by molar-refractivity contribution is 14.1. The summed E-state index contributed by atoms with van der Waals surface area (Å²) in [5.41, 5.74) is 0.570. The van der Waals surface area contributed by atoms with Gasteiger partial charge in [0.05, 0.1) is 0 Å². The largest absolute Gasteiger partial charge is 0.480 e. The van der Waals surface area contributed by atoms with Crippen molar-refractivity contribution in [1.29, 1.82) is 0 Å². The smallest absolute Gasteiger partial charge is 0.326 e. The van der Waals surface area contributed by atoms with Crippen molar-refractivity contribution >= 4 is 40.3 Å². The van der Waals surface area contributed by atoms with Crippen LogP contribution in [0.2, 0.25) is 0 Å². The van der Waals surface area contributed by atoms with E-state index >= 15 is 0 Å². The average molecular weight is 364 g/mol. The molecule has 0 saturated carbocycles. The summed E-state index contributed by atoms with van der Waals surface area (Å²) in [7, 11) is 0. The van der Waals surface area contributed by atoms with Gasteiger partial charge in [0.25, 0.3) is 0 Å². The molecule has 0 heterocycles. The second kappa shape index (κ2) is 7.17. The molecule has 0 fully saturated rings. The fourth-order valence-corrected chi connectivity index (χ4v) is 1.60. The Morgan fingerprint density at radius 2 is 1.89 bits per heavy atom. The number of nitrogens with one attached hydrogen (secondary N) is 2. The molecule has 1 rings (SSSR count). The van der Waals surface area contributed by atoms with Gasteiger partial charge in [-0.2, -0.15) is 0 Å². The lowest BCUT2D eigenvalue weighted by atomic mass is 10.2. The minimum atomic E-state index is -1.18. The topological polar surface area (TPSA) is 98.7 Å². The van der Waals surface area contributed by atoms with Gasteiger partial charge in [0.1, 0.15) is 6.04 Å². The highest BCUT2D eigenvalue weighted by Gasteiger charge is 2.18. The standard InChI is InChI=1S/C11H13IN2O4/c12-7-1-3-8(4-2-7)13-11(18)14-9(5-6-15)10(16)17/h1-4,9,15H,5-6H2,(H,16,17)(H2,13,14,18). The number of aliphatic hydroxyl groups excluding tert-OH is 1. The summed E-state index contributed by atoms with van der Waals surface area (Å²) in [6.07, 6.45) is -0.0323. The Bertz CT molecular complexity index is 422. The molecule has 6 nitrogen and oxygen atoms in total. The molecule has 0 aliphatic rings. The third-order valence-electron chi connectivity index (χ3n) is 2.12. The summed E-state index contributed by atoms with van der Waals surface area (Å²) in [6, 6.07) is 5.35. The highest BCUT2D eigenvalue weighted by atomic mass is 127. The van der Waals surface area contributed by atoms with Crippen molar-refractivity contribution in [3.8, 4) is 0 Å². The van der Waals surface area contributed by atoms with Crippen molar-refractivity contribution in [2.24, 2.45) is 0 Å². The summed E-state index contributed by atoms with van der Waals surface area (Å²) < 4.78 is 1.03. The molecule has 0 aliphatic carbocycles. The molecule has 98 valence electrons. The Kier molecular flexibility index (Phi) is 5.86. The molecule has 18 heavy (non-hydrogen) atoms. The van der Waals surface area contributed by atoms with Crippen LogP contribution in [0.15, 0.2) is 24.3 Å². The number of urea groups is 1. The van der Waals surface area contributed by atoms with E-state index in [-0.39, 0.29) is 13.0 Å². The summed E-state index contributed by atoms with van der Waals surface area (Å²) in [4.78, 5) is 22.3. The number of halogens is 1. The SMILES string of the molecule is O=C(Nc1ccc(I)cc1)NC(CCO)C(=O)O. The number of carbonyl (C=O) groups is 2. The van der Waals surface area contributed by atoms with Crippen LogP contribution in [-0.2, 0) is 4.79 Å². The third-order valence-corrected chi connectivity index (χ3v) is 2.84. The van der Waals surface area contributed by atoms with Crippen molar-refractivity contribution in [2.45, 2.75) is 12.5 Å². The summed E-state index contributed by atoms with van der Waals surface area (Å²) in [6.45, 7) is -0.305. The molecule has 0 radical (unpaired) electrons. The number of aliphatic hydroxyl groups is 1. The Balaban J connectivity index is 2.54. The van der Waals surface area contributed by atoms with E-state index in [1.807, 2.05) is 12.1 Å². The monoisotopic (exact) mass is 364 g/mol. The summed E-state index contributed by atoms with van der Waals surface area (Å²) in [5, 5.41) is 22.3. The van der Waals surface area contributed by atoms with Crippen molar-refractivity contribution in [3.63, 3.8) is 0 Å². The predicted octanol–water partition coefficient (Wildman–Crippen LogP) is 1.25. The Hall–Kier alpha value is -1.35. The van der Waals surface area contributed by atoms with Crippen LogP contribution in [0.5, 0.6) is 0 Å². The molecular weight excluding hydrogens is 351 g/mol. The Morgan fingerprint density at radius 1 is 1.28 bits per heavy atom. The first-order valence-electron chi connectivity index (χ1n) is 5.19. The molecule has 0 saturated heterocycles. The van der Waals surface area contributed by atoms with Crippen LogP contribution in [0.25, 0.3) is 0 Å². The Morgan fingerprint density at radius 3 is 2.39 bits per heavy atom. The van der Waals surface area contributed by atoms with E-state index in [2.05, 4.69) is 33.2 Å². The van der Waals surface area contributed by atoms with E-state index in [0.717, 1.165) is 3.57 Å². The van der Waals surface area contributed by atoms with Gasteiger partial charge in [-0.25, -0.2) is 9.59 Å². The predicted molar refractivity (Wildman–Crippen MR) is 74.4 cm³/mol. The first-order valence-corrected chi connectivity index (χ1v) is 6.27. The lowest BCUT2D eigenvalue weighted by Gasteiger charge is -2.14. The number of hydrogen-bond donors (Lipinski definition) is 4. The van der Waals surface area contributed by atoms with Crippen LogP contribution in [0.1, 0.15) is 6.42 Å². The molecule has 1 aromatic rings. The molecule has 1 unspecified atom stereocenters. The van der Waals surface area contributed by atoms with Crippen LogP contribution in [-0.4, -0.2) is 34.9 Å². The first-order chi connectivity index (χ1) is 8.52. The van der Waals surface area contributed by atoms with E-state index in [4.69, 9.17) is 10.2 Å². The van der Waals surface area contributed by atoms with Gasteiger partial charge in [-0.05, 0) is 46.9 Å². The number of carbonyl (C=O) groups excluding carboxylic acids is 1. The second-order valence-electron chi connectivity index (χ2n) is 3.51. The maximum atomic E-state index is 11.5. The summed E-state index contributed by atoms with van der Waals surface area (Å²) >= 11 is 2.14. The van der Waals surface area contributed by atoms with Gasteiger partial charge in [0.2, 0.25) is 0 Å². The highest BCUT2D eigenvalue weighted by Crippen LogP contribution is 2.10.